The molecule has 0 aliphatic heterocycles. The first-order valence-corrected chi connectivity index (χ1v) is 18.7. The SMILES string of the molecule is CCCCCCCCOc1c(OCCCCCCCC)c2ccc(C#C[Si](C)(C)C)cc2c2ccccc12. The number of fused-ring (bicyclic) bond motifs is 3. The van der Waals surface area contributed by atoms with Gasteiger partial charge in [-0.15, -0.1) is 5.54 Å². The number of benzene rings is 3. The van der Waals surface area contributed by atoms with E-state index in [9.17, 15) is 0 Å². The molecule has 3 aromatic carbocycles. The minimum Gasteiger partial charge on any atom is -0.489 e. The summed E-state index contributed by atoms with van der Waals surface area (Å²) in [6.07, 6.45) is 15.0. The van der Waals surface area contributed by atoms with Crippen LogP contribution in [0.2, 0.25) is 19.6 Å². The Morgan fingerprint density at radius 3 is 1.63 bits per heavy atom. The van der Waals surface area contributed by atoms with Crippen LogP contribution in [0.3, 0.4) is 0 Å². The summed E-state index contributed by atoms with van der Waals surface area (Å²) in [5.41, 5.74) is 4.60. The van der Waals surface area contributed by atoms with Crippen LogP contribution in [0.5, 0.6) is 11.5 Å². The van der Waals surface area contributed by atoms with Crippen molar-refractivity contribution in [1.29, 1.82) is 0 Å². The Bertz CT molecular complexity index is 1200. The fraction of sp³-hybridized carbons (Fsp3) is 0.543. The summed E-state index contributed by atoms with van der Waals surface area (Å²) in [6, 6.07) is 15.2. The lowest BCUT2D eigenvalue weighted by Gasteiger charge is -2.19. The van der Waals surface area contributed by atoms with E-state index in [0.29, 0.717) is 0 Å². The van der Waals surface area contributed by atoms with Gasteiger partial charge in [-0.05, 0) is 41.8 Å². The van der Waals surface area contributed by atoms with E-state index in [2.05, 4.69) is 87.4 Å². The molecule has 0 N–H and O–H groups in total. The fourth-order valence-electron chi connectivity index (χ4n) is 4.86. The monoisotopic (exact) mass is 530 g/mol. The summed E-state index contributed by atoms with van der Waals surface area (Å²) in [5, 5.41) is 4.68. The highest BCUT2D eigenvalue weighted by molar-refractivity contribution is 6.83. The van der Waals surface area contributed by atoms with Crippen LogP contribution in [0.15, 0.2) is 42.5 Å². The topological polar surface area (TPSA) is 18.5 Å². The van der Waals surface area contributed by atoms with Gasteiger partial charge in [-0.25, -0.2) is 0 Å². The molecule has 0 aliphatic rings. The Kier molecular flexibility index (Phi) is 12.6. The maximum Gasteiger partial charge on any atom is 0.169 e. The molecule has 206 valence electrons. The van der Waals surface area contributed by atoms with Crippen LogP contribution < -0.4 is 9.47 Å². The highest BCUT2D eigenvalue weighted by Gasteiger charge is 2.18. The normalized spacial score (nSPS) is 11.5. The Hall–Kier alpha value is -2.44. The van der Waals surface area contributed by atoms with Crippen LogP contribution in [-0.4, -0.2) is 21.3 Å². The molecule has 0 heterocycles. The van der Waals surface area contributed by atoms with Crippen molar-refractivity contribution in [3.8, 4) is 23.0 Å². The van der Waals surface area contributed by atoms with Gasteiger partial charge in [-0.2, -0.15) is 0 Å². The molecule has 0 fully saturated rings. The van der Waals surface area contributed by atoms with E-state index in [1.54, 1.807) is 0 Å². The number of hydrogen-bond acceptors (Lipinski definition) is 2. The number of rotatable bonds is 16. The molecule has 0 saturated carbocycles. The Morgan fingerprint density at radius 1 is 0.579 bits per heavy atom. The molecule has 0 atom stereocenters. The predicted octanol–water partition coefficient (Wildman–Crippen LogP) is 10.7. The first kappa shape index (κ1) is 30.1. The van der Waals surface area contributed by atoms with Crippen LogP contribution >= 0.6 is 0 Å². The van der Waals surface area contributed by atoms with Crippen LogP contribution in [0.1, 0.15) is 96.5 Å². The number of hydrogen-bond donors (Lipinski definition) is 0. The second kappa shape index (κ2) is 15.8. The standard InChI is InChI=1S/C35H50O2Si/c1-6-8-10-12-14-18-25-36-34-31-21-17-16-20-30(31)33-28-29(24-27-38(3,4)5)22-23-32(33)35(34)37-26-19-15-13-11-9-7-2/h16-17,20-23,28H,6-15,18-19,25-26H2,1-5H3. The van der Waals surface area contributed by atoms with Crippen molar-refractivity contribution in [1.82, 2.24) is 0 Å². The van der Waals surface area contributed by atoms with Gasteiger partial charge in [0.2, 0.25) is 0 Å². The molecular weight excluding hydrogens is 480 g/mol. The Labute approximate surface area is 233 Å². The predicted molar refractivity (Wildman–Crippen MR) is 169 cm³/mol. The minimum atomic E-state index is -1.45. The summed E-state index contributed by atoms with van der Waals surface area (Å²) in [4.78, 5) is 0. The van der Waals surface area contributed by atoms with Crippen LogP contribution in [0.4, 0.5) is 0 Å². The molecule has 0 spiro atoms. The van der Waals surface area contributed by atoms with E-state index in [-0.39, 0.29) is 0 Å². The molecule has 0 radical (unpaired) electrons. The summed E-state index contributed by atoms with van der Waals surface area (Å²) in [7, 11) is -1.45. The quantitative estimate of drug-likeness (QED) is 0.0793. The fourth-order valence-corrected chi connectivity index (χ4v) is 5.38. The van der Waals surface area contributed by atoms with Gasteiger partial charge in [0.15, 0.2) is 11.5 Å². The number of ether oxygens (including phenoxy) is 2. The van der Waals surface area contributed by atoms with E-state index in [4.69, 9.17) is 9.47 Å². The Morgan fingerprint density at radius 2 is 1.08 bits per heavy atom. The van der Waals surface area contributed by atoms with E-state index in [1.165, 1.54) is 75.0 Å². The Balaban J connectivity index is 1.91. The summed E-state index contributed by atoms with van der Waals surface area (Å²) >= 11 is 0. The van der Waals surface area contributed by atoms with E-state index < -0.39 is 8.07 Å². The molecule has 38 heavy (non-hydrogen) atoms. The third kappa shape index (κ3) is 9.39. The summed E-state index contributed by atoms with van der Waals surface area (Å²) < 4.78 is 13.1. The summed E-state index contributed by atoms with van der Waals surface area (Å²) in [5.74, 6) is 5.27. The first-order valence-electron chi connectivity index (χ1n) is 15.2. The van der Waals surface area contributed by atoms with Gasteiger partial charge >= 0.3 is 0 Å². The van der Waals surface area contributed by atoms with Crippen molar-refractivity contribution in [3.63, 3.8) is 0 Å². The molecule has 3 heteroatoms. The third-order valence-corrected chi connectivity index (χ3v) is 7.88. The van der Waals surface area contributed by atoms with Crippen molar-refractivity contribution in [2.45, 2.75) is 111 Å². The molecule has 2 nitrogen and oxygen atoms in total. The van der Waals surface area contributed by atoms with Crippen LogP contribution in [0.25, 0.3) is 21.5 Å². The molecular formula is C35H50O2Si. The van der Waals surface area contributed by atoms with Gasteiger partial charge in [0.05, 0.1) is 13.2 Å². The zero-order valence-corrected chi connectivity index (χ0v) is 25.8. The molecule has 0 saturated heterocycles. The van der Waals surface area contributed by atoms with Crippen LogP contribution in [0, 0.1) is 11.5 Å². The average Bonchev–Trinajstić information content (AvgIpc) is 2.91. The van der Waals surface area contributed by atoms with E-state index >= 15 is 0 Å². The van der Waals surface area contributed by atoms with E-state index in [1.807, 2.05) is 0 Å². The van der Waals surface area contributed by atoms with Gasteiger partial charge in [0, 0.05) is 16.3 Å². The smallest absolute Gasteiger partial charge is 0.169 e. The highest BCUT2D eigenvalue weighted by atomic mass is 28.3. The van der Waals surface area contributed by atoms with Gasteiger partial charge in [0.1, 0.15) is 8.07 Å². The minimum absolute atomic E-state index is 0.726. The number of unbranched alkanes of at least 4 members (excludes halogenated alkanes) is 10. The van der Waals surface area contributed by atoms with Crippen molar-refractivity contribution in [3.05, 3.63) is 48.0 Å². The van der Waals surface area contributed by atoms with Crippen molar-refractivity contribution < 1.29 is 9.47 Å². The van der Waals surface area contributed by atoms with Gasteiger partial charge in [-0.3, -0.25) is 0 Å². The first-order chi connectivity index (χ1) is 18.4. The van der Waals surface area contributed by atoms with E-state index in [0.717, 1.165) is 53.9 Å². The van der Waals surface area contributed by atoms with Gasteiger partial charge in [-0.1, -0.05) is 128 Å². The van der Waals surface area contributed by atoms with Gasteiger partial charge in [0.25, 0.3) is 0 Å². The lowest BCUT2D eigenvalue weighted by molar-refractivity contribution is 0.263. The molecule has 0 aromatic heterocycles. The lowest BCUT2D eigenvalue weighted by Crippen LogP contribution is -2.16. The van der Waals surface area contributed by atoms with Gasteiger partial charge < -0.3 is 9.47 Å². The average molecular weight is 531 g/mol. The third-order valence-electron chi connectivity index (χ3n) is 7.00. The molecule has 0 amide bonds. The summed E-state index contributed by atoms with van der Waals surface area (Å²) in [6.45, 7) is 12.9. The maximum atomic E-state index is 6.58. The highest BCUT2D eigenvalue weighted by Crippen LogP contribution is 2.44. The van der Waals surface area contributed by atoms with Crippen molar-refractivity contribution >= 4 is 29.6 Å². The molecule has 0 unspecified atom stereocenters. The zero-order chi connectivity index (χ0) is 27.2. The largest absolute Gasteiger partial charge is 0.489 e. The second-order valence-corrected chi connectivity index (χ2v) is 16.4. The van der Waals surface area contributed by atoms with Crippen LogP contribution in [-0.2, 0) is 0 Å². The molecule has 3 aromatic rings. The van der Waals surface area contributed by atoms with Crippen molar-refractivity contribution in [2.75, 3.05) is 13.2 Å². The zero-order valence-electron chi connectivity index (χ0n) is 24.8. The molecule has 0 aliphatic carbocycles. The van der Waals surface area contributed by atoms with Crippen molar-refractivity contribution in [2.24, 2.45) is 0 Å². The lowest BCUT2D eigenvalue weighted by atomic mass is 9.98. The maximum absolute atomic E-state index is 6.58. The molecule has 3 rings (SSSR count). The molecule has 0 bridgehead atoms. The second-order valence-electron chi connectivity index (χ2n) is 11.7.